The van der Waals surface area contributed by atoms with Crippen LogP contribution in [0.25, 0.3) is 5.69 Å². The van der Waals surface area contributed by atoms with Crippen LogP contribution >= 0.6 is 11.6 Å². The number of benzene rings is 1. The average Bonchev–Trinajstić information content (AvgIpc) is 2.70. The molecule has 0 aliphatic rings. The molecule has 0 atom stereocenters. The van der Waals surface area contributed by atoms with Crippen molar-refractivity contribution in [1.82, 2.24) is 9.78 Å². The Morgan fingerprint density at radius 1 is 1.35 bits per heavy atom. The summed E-state index contributed by atoms with van der Waals surface area (Å²) in [5.41, 5.74) is 1.87. The molecule has 1 aromatic heterocycles. The molecule has 0 aliphatic carbocycles. The molecule has 0 N–H and O–H groups in total. The Labute approximate surface area is 106 Å². The molecule has 0 radical (unpaired) electrons. The summed E-state index contributed by atoms with van der Waals surface area (Å²) >= 11 is 6.19. The van der Waals surface area contributed by atoms with Crippen molar-refractivity contribution in [3.8, 4) is 11.4 Å². The summed E-state index contributed by atoms with van der Waals surface area (Å²) in [5.74, 6) is 0.764. The third-order valence-corrected chi connectivity index (χ3v) is 2.81. The van der Waals surface area contributed by atoms with Gasteiger partial charge in [0.1, 0.15) is 16.6 Å². The van der Waals surface area contributed by atoms with Crippen molar-refractivity contribution in [2.75, 3.05) is 7.11 Å². The van der Waals surface area contributed by atoms with Gasteiger partial charge in [-0.25, -0.2) is 4.68 Å². The van der Waals surface area contributed by atoms with E-state index in [1.807, 2.05) is 30.3 Å². The fraction of sp³-hybridized carbons (Fsp3) is 0.308. The lowest BCUT2D eigenvalue weighted by molar-refractivity contribution is 0.411. The minimum absolute atomic E-state index is 0.609. The van der Waals surface area contributed by atoms with E-state index in [2.05, 4.69) is 12.0 Å². The van der Waals surface area contributed by atoms with E-state index in [-0.39, 0.29) is 0 Å². The maximum atomic E-state index is 6.19. The third-order valence-electron chi connectivity index (χ3n) is 2.54. The van der Waals surface area contributed by atoms with Crippen molar-refractivity contribution in [2.24, 2.45) is 0 Å². The summed E-state index contributed by atoms with van der Waals surface area (Å²) in [7, 11) is 1.64. The number of aromatic nitrogens is 2. The van der Waals surface area contributed by atoms with Crippen LogP contribution in [0.2, 0.25) is 5.15 Å². The maximum Gasteiger partial charge on any atom is 0.144 e. The first-order valence-electron chi connectivity index (χ1n) is 5.64. The molecule has 0 saturated heterocycles. The van der Waals surface area contributed by atoms with Crippen LogP contribution in [0.3, 0.4) is 0 Å². The highest BCUT2D eigenvalue weighted by Crippen LogP contribution is 2.25. The zero-order chi connectivity index (χ0) is 12.3. The molecule has 2 rings (SSSR count). The van der Waals surface area contributed by atoms with Crippen molar-refractivity contribution < 1.29 is 4.74 Å². The van der Waals surface area contributed by atoms with Crippen molar-refractivity contribution >= 4 is 11.6 Å². The fourth-order valence-electron chi connectivity index (χ4n) is 1.76. The summed E-state index contributed by atoms with van der Waals surface area (Å²) in [5, 5.41) is 5.09. The van der Waals surface area contributed by atoms with E-state index < -0.39 is 0 Å². The lowest BCUT2D eigenvalue weighted by Crippen LogP contribution is -2.00. The molecular weight excluding hydrogens is 236 g/mol. The van der Waals surface area contributed by atoms with E-state index >= 15 is 0 Å². The highest BCUT2D eigenvalue weighted by Gasteiger charge is 2.10. The standard InChI is InChI=1S/C13H15ClN2O/c1-3-6-10-9-13(14)16(15-10)11-7-4-5-8-12(11)17-2/h4-5,7-9H,3,6H2,1-2H3. The maximum absolute atomic E-state index is 6.19. The van der Waals surface area contributed by atoms with Crippen LogP contribution in [0, 0.1) is 0 Å². The average molecular weight is 251 g/mol. The second-order valence-corrected chi connectivity index (χ2v) is 4.18. The number of rotatable bonds is 4. The second-order valence-electron chi connectivity index (χ2n) is 3.79. The molecule has 2 aromatic rings. The molecule has 0 unspecified atom stereocenters. The summed E-state index contributed by atoms with van der Waals surface area (Å²) in [6, 6.07) is 9.60. The Hall–Kier alpha value is -1.48. The van der Waals surface area contributed by atoms with Gasteiger partial charge in [-0.05, 0) is 24.6 Å². The normalized spacial score (nSPS) is 10.5. The van der Waals surface area contributed by atoms with Gasteiger partial charge in [-0.3, -0.25) is 0 Å². The molecule has 17 heavy (non-hydrogen) atoms. The Balaban J connectivity index is 2.45. The molecule has 1 heterocycles. The second kappa shape index (κ2) is 5.23. The predicted octanol–water partition coefficient (Wildman–Crippen LogP) is 3.49. The SMILES string of the molecule is CCCc1cc(Cl)n(-c2ccccc2OC)n1. The summed E-state index contributed by atoms with van der Waals surface area (Å²) in [6.07, 6.45) is 1.99. The zero-order valence-electron chi connectivity index (χ0n) is 9.98. The van der Waals surface area contributed by atoms with Gasteiger partial charge in [0.15, 0.2) is 0 Å². The summed E-state index contributed by atoms with van der Waals surface area (Å²) in [6.45, 7) is 2.12. The van der Waals surface area contributed by atoms with Crippen LogP contribution in [0.5, 0.6) is 5.75 Å². The van der Waals surface area contributed by atoms with Gasteiger partial charge in [-0.2, -0.15) is 5.10 Å². The predicted molar refractivity (Wildman–Crippen MR) is 69.1 cm³/mol. The van der Waals surface area contributed by atoms with Crippen LogP contribution in [-0.2, 0) is 6.42 Å². The van der Waals surface area contributed by atoms with E-state index in [9.17, 15) is 0 Å². The molecule has 0 aliphatic heterocycles. The quantitative estimate of drug-likeness (QED) is 0.831. The van der Waals surface area contributed by atoms with Crippen LogP contribution in [0.4, 0.5) is 0 Å². The molecule has 0 bridgehead atoms. The van der Waals surface area contributed by atoms with Gasteiger partial charge in [0.25, 0.3) is 0 Å². The molecule has 3 nitrogen and oxygen atoms in total. The molecular formula is C13H15ClN2O. The Morgan fingerprint density at radius 3 is 2.82 bits per heavy atom. The van der Waals surface area contributed by atoms with Crippen molar-refractivity contribution in [3.05, 3.63) is 41.2 Å². The number of para-hydroxylation sites is 2. The van der Waals surface area contributed by atoms with Crippen molar-refractivity contribution in [3.63, 3.8) is 0 Å². The van der Waals surface area contributed by atoms with Gasteiger partial charge < -0.3 is 4.74 Å². The van der Waals surface area contributed by atoms with Gasteiger partial charge in [0.2, 0.25) is 0 Å². The molecule has 4 heteroatoms. The van der Waals surface area contributed by atoms with E-state index in [0.717, 1.165) is 30.0 Å². The highest BCUT2D eigenvalue weighted by molar-refractivity contribution is 6.29. The van der Waals surface area contributed by atoms with E-state index in [0.29, 0.717) is 5.15 Å². The molecule has 0 fully saturated rings. The number of halogens is 1. The van der Waals surface area contributed by atoms with Crippen LogP contribution in [0.15, 0.2) is 30.3 Å². The number of aryl methyl sites for hydroxylation is 1. The summed E-state index contributed by atoms with van der Waals surface area (Å²) < 4.78 is 7.02. The number of hydrogen-bond acceptors (Lipinski definition) is 2. The van der Waals surface area contributed by atoms with Crippen molar-refractivity contribution in [1.29, 1.82) is 0 Å². The molecule has 0 spiro atoms. The number of hydrogen-bond donors (Lipinski definition) is 0. The van der Waals surface area contributed by atoms with Crippen LogP contribution in [0.1, 0.15) is 19.0 Å². The summed E-state index contributed by atoms with van der Waals surface area (Å²) in [4.78, 5) is 0. The Kier molecular flexibility index (Phi) is 3.69. The molecule has 0 saturated carbocycles. The number of ether oxygens (including phenoxy) is 1. The minimum atomic E-state index is 0.609. The van der Waals surface area contributed by atoms with Crippen molar-refractivity contribution in [2.45, 2.75) is 19.8 Å². The zero-order valence-corrected chi connectivity index (χ0v) is 10.7. The number of methoxy groups -OCH3 is 1. The van der Waals surface area contributed by atoms with Gasteiger partial charge in [0.05, 0.1) is 12.8 Å². The van der Waals surface area contributed by atoms with Gasteiger partial charge in [-0.1, -0.05) is 37.1 Å². The fourth-order valence-corrected chi connectivity index (χ4v) is 2.01. The first-order valence-corrected chi connectivity index (χ1v) is 6.02. The third kappa shape index (κ3) is 2.44. The Morgan fingerprint density at radius 2 is 2.12 bits per heavy atom. The molecule has 90 valence electrons. The largest absolute Gasteiger partial charge is 0.494 e. The van der Waals surface area contributed by atoms with Crippen LogP contribution < -0.4 is 4.74 Å². The lowest BCUT2D eigenvalue weighted by atomic mass is 10.3. The molecule has 0 amide bonds. The van der Waals surface area contributed by atoms with Gasteiger partial charge in [0, 0.05) is 0 Å². The number of nitrogens with zero attached hydrogens (tertiary/aromatic N) is 2. The van der Waals surface area contributed by atoms with E-state index in [1.54, 1.807) is 11.8 Å². The smallest absolute Gasteiger partial charge is 0.144 e. The van der Waals surface area contributed by atoms with E-state index in [1.165, 1.54) is 0 Å². The first-order chi connectivity index (χ1) is 8.26. The monoisotopic (exact) mass is 250 g/mol. The minimum Gasteiger partial charge on any atom is -0.494 e. The first kappa shape index (κ1) is 12.0. The van der Waals surface area contributed by atoms with Crippen LogP contribution in [-0.4, -0.2) is 16.9 Å². The molecule has 1 aromatic carbocycles. The lowest BCUT2D eigenvalue weighted by Gasteiger charge is -2.08. The van der Waals surface area contributed by atoms with E-state index in [4.69, 9.17) is 16.3 Å². The van der Waals surface area contributed by atoms with Gasteiger partial charge in [-0.15, -0.1) is 0 Å². The Bertz CT molecular complexity index is 508. The highest BCUT2D eigenvalue weighted by atomic mass is 35.5. The van der Waals surface area contributed by atoms with Gasteiger partial charge >= 0.3 is 0 Å². The topological polar surface area (TPSA) is 27.1 Å².